The second-order valence-electron chi connectivity index (χ2n) is 2.20. The van der Waals surface area contributed by atoms with Gasteiger partial charge < -0.3 is 14.6 Å². The van der Waals surface area contributed by atoms with Crippen LogP contribution in [0.5, 0.6) is 0 Å². The minimum Gasteiger partial charge on any atom is -0.392 e. The largest absolute Gasteiger partial charge is 0.392 e. The first-order valence-corrected chi connectivity index (χ1v) is 4.42. The minimum atomic E-state index is 0.0833. The summed E-state index contributed by atoms with van der Waals surface area (Å²) in [4.78, 5) is 0. The molecule has 0 saturated carbocycles. The van der Waals surface area contributed by atoms with Crippen molar-refractivity contribution in [1.82, 2.24) is 0 Å². The molecule has 1 rings (SSSR count). The van der Waals surface area contributed by atoms with Gasteiger partial charge in [0.1, 0.15) is 0 Å². The van der Waals surface area contributed by atoms with Crippen molar-refractivity contribution >= 4 is 0 Å². The highest BCUT2D eigenvalue weighted by Gasteiger charge is 1.94. The van der Waals surface area contributed by atoms with Crippen LogP contribution in [0.1, 0.15) is 0 Å². The van der Waals surface area contributed by atoms with Gasteiger partial charge in [-0.1, -0.05) is 18.2 Å². The molecule has 1 heterocycles. The van der Waals surface area contributed by atoms with E-state index < -0.39 is 0 Å². The average Bonchev–Trinajstić information content (AvgIpc) is 3.06. The van der Waals surface area contributed by atoms with Crippen molar-refractivity contribution in [2.75, 3.05) is 33.0 Å². The van der Waals surface area contributed by atoms with E-state index in [2.05, 4.69) is 24.5 Å². The SMILES string of the molecule is C1CO1.C=CCO.C=CCOCC=C. The first-order chi connectivity index (χ1) is 6.83. The highest BCUT2D eigenvalue weighted by molar-refractivity contribution is 4.68. The van der Waals surface area contributed by atoms with Gasteiger partial charge in [-0.2, -0.15) is 0 Å². The van der Waals surface area contributed by atoms with Gasteiger partial charge in [0.05, 0.1) is 33.0 Å². The van der Waals surface area contributed by atoms with Gasteiger partial charge in [0.25, 0.3) is 0 Å². The number of aliphatic hydroxyl groups excluding tert-OH is 1. The average molecular weight is 200 g/mol. The summed E-state index contributed by atoms with van der Waals surface area (Å²) in [5.41, 5.74) is 0. The quantitative estimate of drug-likeness (QED) is 0.416. The standard InChI is InChI=1S/C6H10O.C3H6O.C2H4O/c1-3-5-7-6-4-2;1-2-3-4;1-2-3-1/h3-4H,1-2,5-6H2;2,4H,1,3H2;1-2H2. The van der Waals surface area contributed by atoms with Crippen molar-refractivity contribution < 1.29 is 14.6 Å². The Bertz CT molecular complexity index is 120. The molecule has 1 fully saturated rings. The summed E-state index contributed by atoms with van der Waals surface area (Å²) < 4.78 is 9.40. The highest BCUT2D eigenvalue weighted by Crippen LogP contribution is 1.84. The van der Waals surface area contributed by atoms with Crippen LogP contribution in [-0.4, -0.2) is 38.1 Å². The first-order valence-electron chi connectivity index (χ1n) is 4.42. The Morgan fingerprint density at radius 2 is 1.43 bits per heavy atom. The van der Waals surface area contributed by atoms with Crippen molar-refractivity contribution in [2.24, 2.45) is 0 Å². The van der Waals surface area contributed by atoms with E-state index in [0.29, 0.717) is 13.2 Å². The Morgan fingerprint density at radius 1 is 1.07 bits per heavy atom. The molecule has 1 aliphatic heterocycles. The summed E-state index contributed by atoms with van der Waals surface area (Å²) >= 11 is 0. The Labute approximate surface area is 86.3 Å². The molecule has 0 radical (unpaired) electrons. The van der Waals surface area contributed by atoms with Crippen molar-refractivity contribution in [1.29, 1.82) is 0 Å². The van der Waals surface area contributed by atoms with E-state index in [-0.39, 0.29) is 6.61 Å². The summed E-state index contributed by atoms with van der Waals surface area (Å²) in [6.07, 6.45) is 4.85. The number of ether oxygens (including phenoxy) is 2. The number of epoxide rings is 1. The van der Waals surface area contributed by atoms with Crippen LogP contribution in [0.2, 0.25) is 0 Å². The van der Waals surface area contributed by atoms with Crippen LogP contribution >= 0.6 is 0 Å². The van der Waals surface area contributed by atoms with Crippen molar-refractivity contribution in [3.05, 3.63) is 38.0 Å². The van der Waals surface area contributed by atoms with Gasteiger partial charge in [-0.15, -0.1) is 19.7 Å². The molecule has 1 aliphatic rings. The maximum Gasteiger partial charge on any atom is 0.0701 e. The van der Waals surface area contributed by atoms with Gasteiger partial charge in [0.15, 0.2) is 0 Å². The van der Waals surface area contributed by atoms with Crippen molar-refractivity contribution in [3.63, 3.8) is 0 Å². The molecule has 0 aliphatic carbocycles. The summed E-state index contributed by atoms with van der Waals surface area (Å²) in [6, 6.07) is 0. The minimum absolute atomic E-state index is 0.0833. The van der Waals surface area contributed by atoms with Gasteiger partial charge in [-0.3, -0.25) is 0 Å². The summed E-state index contributed by atoms with van der Waals surface area (Å²) in [5.74, 6) is 0. The van der Waals surface area contributed by atoms with E-state index in [0.717, 1.165) is 13.2 Å². The molecule has 0 bridgehead atoms. The first kappa shape index (κ1) is 15.6. The van der Waals surface area contributed by atoms with Crippen molar-refractivity contribution in [3.8, 4) is 0 Å². The van der Waals surface area contributed by atoms with E-state index in [1.165, 1.54) is 6.08 Å². The summed E-state index contributed by atoms with van der Waals surface area (Å²) in [5, 5.41) is 7.76. The zero-order chi connectivity index (χ0) is 11.1. The molecule has 0 amide bonds. The third kappa shape index (κ3) is 43.5. The van der Waals surface area contributed by atoms with E-state index in [1.54, 1.807) is 12.2 Å². The van der Waals surface area contributed by atoms with Crippen LogP contribution in [0.4, 0.5) is 0 Å². The van der Waals surface area contributed by atoms with Gasteiger partial charge in [-0.05, 0) is 0 Å². The molecule has 1 N–H and O–H groups in total. The number of rotatable bonds is 5. The Hall–Kier alpha value is -0.900. The molecule has 82 valence electrons. The molecular formula is C11H20O3. The van der Waals surface area contributed by atoms with Gasteiger partial charge in [-0.25, -0.2) is 0 Å². The Balaban J connectivity index is 0. The predicted octanol–water partition coefficient (Wildman–Crippen LogP) is 1.56. The van der Waals surface area contributed by atoms with Crippen LogP contribution in [0.3, 0.4) is 0 Å². The summed E-state index contributed by atoms with van der Waals surface area (Å²) in [6.45, 7) is 13.5. The van der Waals surface area contributed by atoms with Gasteiger partial charge in [0.2, 0.25) is 0 Å². The monoisotopic (exact) mass is 200 g/mol. The van der Waals surface area contributed by atoms with Crippen molar-refractivity contribution in [2.45, 2.75) is 0 Å². The molecule has 3 nitrogen and oxygen atoms in total. The maximum absolute atomic E-state index is 7.76. The van der Waals surface area contributed by atoms with Crippen LogP contribution in [0.25, 0.3) is 0 Å². The van der Waals surface area contributed by atoms with Crippen LogP contribution in [-0.2, 0) is 9.47 Å². The van der Waals surface area contributed by atoms with E-state index in [9.17, 15) is 0 Å². The molecule has 0 atom stereocenters. The lowest BCUT2D eigenvalue weighted by Gasteiger charge is -1.89. The fraction of sp³-hybridized carbons (Fsp3) is 0.455. The fourth-order valence-corrected chi connectivity index (χ4v) is 0.235. The molecule has 0 aromatic heterocycles. The molecule has 0 unspecified atom stereocenters. The molecule has 3 heteroatoms. The fourth-order valence-electron chi connectivity index (χ4n) is 0.235. The maximum atomic E-state index is 7.76. The lowest BCUT2D eigenvalue weighted by Crippen LogP contribution is -1.87. The molecule has 1 saturated heterocycles. The topological polar surface area (TPSA) is 42.0 Å². The zero-order valence-electron chi connectivity index (χ0n) is 8.65. The third-order valence-corrected chi connectivity index (χ3v) is 0.805. The molecular weight excluding hydrogens is 180 g/mol. The highest BCUT2D eigenvalue weighted by atomic mass is 16.6. The van der Waals surface area contributed by atoms with E-state index in [1.807, 2.05) is 0 Å². The van der Waals surface area contributed by atoms with Crippen LogP contribution < -0.4 is 0 Å². The summed E-state index contributed by atoms with van der Waals surface area (Å²) in [7, 11) is 0. The van der Waals surface area contributed by atoms with Crippen LogP contribution in [0.15, 0.2) is 38.0 Å². The second kappa shape index (κ2) is 18.0. The molecule has 14 heavy (non-hydrogen) atoms. The Morgan fingerprint density at radius 3 is 1.57 bits per heavy atom. The molecule has 0 spiro atoms. The smallest absolute Gasteiger partial charge is 0.0701 e. The lowest BCUT2D eigenvalue weighted by molar-refractivity contribution is 0.194. The van der Waals surface area contributed by atoms with E-state index >= 15 is 0 Å². The number of aliphatic hydroxyl groups is 1. The van der Waals surface area contributed by atoms with Crippen LogP contribution in [0, 0.1) is 0 Å². The predicted molar refractivity (Wildman–Crippen MR) is 59.3 cm³/mol. The Kier molecular flexibility index (Phi) is 20.0. The second-order valence-corrected chi connectivity index (χ2v) is 2.20. The van der Waals surface area contributed by atoms with Gasteiger partial charge >= 0.3 is 0 Å². The number of hydrogen-bond acceptors (Lipinski definition) is 3. The third-order valence-electron chi connectivity index (χ3n) is 0.805. The normalized spacial score (nSPS) is 10.9. The zero-order valence-corrected chi connectivity index (χ0v) is 8.65. The lowest BCUT2D eigenvalue weighted by atomic mass is 10.6. The molecule has 0 aromatic carbocycles. The number of hydrogen-bond donors (Lipinski definition) is 1. The molecule has 0 aromatic rings. The van der Waals surface area contributed by atoms with E-state index in [4.69, 9.17) is 9.84 Å². The van der Waals surface area contributed by atoms with Gasteiger partial charge in [0, 0.05) is 0 Å².